The first-order valence-corrected chi connectivity index (χ1v) is 7.30. The van der Waals surface area contributed by atoms with E-state index in [9.17, 15) is 0 Å². The predicted molar refractivity (Wildman–Crippen MR) is 78.1 cm³/mol. The van der Waals surface area contributed by atoms with Gasteiger partial charge < -0.3 is 10.2 Å². The lowest BCUT2D eigenvalue weighted by atomic mass is 10.0. The zero-order valence-electron chi connectivity index (χ0n) is 11.3. The maximum absolute atomic E-state index is 5.91. The number of halogens is 1. The Morgan fingerprint density at radius 2 is 1.89 bits per heavy atom. The van der Waals surface area contributed by atoms with Crippen molar-refractivity contribution in [3.05, 3.63) is 34.9 Å². The van der Waals surface area contributed by atoms with E-state index in [4.69, 9.17) is 11.6 Å². The number of benzene rings is 1. The molecule has 1 heterocycles. The minimum absolute atomic E-state index is 0.403. The van der Waals surface area contributed by atoms with E-state index in [0.29, 0.717) is 12.1 Å². The molecule has 1 N–H and O–H groups in total. The van der Waals surface area contributed by atoms with Crippen LogP contribution in [0.1, 0.15) is 38.3 Å². The third-order valence-corrected chi connectivity index (χ3v) is 4.14. The fourth-order valence-corrected chi connectivity index (χ4v) is 2.74. The third-order valence-electron chi connectivity index (χ3n) is 3.89. The first kappa shape index (κ1) is 13.9. The molecule has 1 saturated heterocycles. The summed E-state index contributed by atoms with van der Waals surface area (Å²) in [4.78, 5) is 2.52. The van der Waals surface area contributed by atoms with Crippen molar-refractivity contribution in [2.75, 3.05) is 19.6 Å². The molecule has 0 unspecified atom stereocenters. The zero-order chi connectivity index (χ0) is 13.0. The van der Waals surface area contributed by atoms with Crippen LogP contribution in [-0.4, -0.2) is 30.6 Å². The van der Waals surface area contributed by atoms with E-state index in [1.807, 2.05) is 12.1 Å². The smallest absolute Gasteiger partial charge is 0.0406 e. The summed E-state index contributed by atoms with van der Waals surface area (Å²) in [5.74, 6) is 0. The lowest BCUT2D eigenvalue weighted by molar-refractivity contribution is 0.200. The second-order valence-electron chi connectivity index (χ2n) is 5.15. The van der Waals surface area contributed by atoms with E-state index >= 15 is 0 Å². The van der Waals surface area contributed by atoms with Crippen LogP contribution in [0.25, 0.3) is 0 Å². The molecule has 0 amide bonds. The molecular weight excluding hydrogens is 244 g/mol. The quantitative estimate of drug-likeness (QED) is 0.898. The number of hydrogen-bond acceptors (Lipinski definition) is 2. The molecule has 1 aliphatic rings. The van der Waals surface area contributed by atoms with Gasteiger partial charge in [-0.25, -0.2) is 0 Å². The SMILES string of the molecule is CCN1CCC(N[C@@H](C)c2ccc(Cl)cc2)CC1. The van der Waals surface area contributed by atoms with Crippen LogP contribution >= 0.6 is 11.6 Å². The van der Waals surface area contributed by atoms with E-state index in [1.165, 1.54) is 38.0 Å². The molecule has 0 aliphatic carbocycles. The Labute approximate surface area is 115 Å². The average molecular weight is 267 g/mol. The van der Waals surface area contributed by atoms with Crippen LogP contribution in [0.2, 0.25) is 5.02 Å². The second kappa shape index (κ2) is 6.55. The Balaban J connectivity index is 1.84. The van der Waals surface area contributed by atoms with Crippen LogP contribution in [0.4, 0.5) is 0 Å². The average Bonchev–Trinajstić information content (AvgIpc) is 2.40. The molecule has 0 radical (unpaired) electrons. The highest BCUT2D eigenvalue weighted by atomic mass is 35.5. The van der Waals surface area contributed by atoms with Crippen LogP contribution < -0.4 is 5.32 Å². The predicted octanol–water partition coefficient (Wildman–Crippen LogP) is 3.47. The molecule has 1 aromatic rings. The maximum Gasteiger partial charge on any atom is 0.0406 e. The van der Waals surface area contributed by atoms with Gasteiger partial charge in [-0.05, 0) is 57.1 Å². The fourth-order valence-electron chi connectivity index (χ4n) is 2.62. The number of likely N-dealkylation sites (tertiary alicyclic amines) is 1. The normalized spacial score (nSPS) is 19.9. The molecule has 2 rings (SSSR count). The van der Waals surface area contributed by atoms with Gasteiger partial charge in [0.2, 0.25) is 0 Å². The Bertz CT molecular complexity index is 355. The van der Waals surface area contributed by atoms with Gasteiger partial charge in [-0.15, -0.1) is 0 Å². The summed E-state index contributed by atoms with van der Waals surface area (Å²) in [6.07, 6.45) is 2.51. The topological polar surface area (TPSA) is 15.3 Å². The molecule has 0 spiro atoms. The monoisotopic (exact) mass is 266 g/mol. The van der Waals surface area contributed by atoms with Gasteiger partial charge in [0.25, 0.3) is 0 Å². The highest BCUT2D eigenvalue weighted by Gasteiger charge is 2.19. The molecule has 0 aromatic heterocycles. The summed E-state index contributed by atoms with van der Waals surface area (Å²) in [6, 6.07) is 9.21. The summed E-state index contributed by atoms with van der Waals surface area (Å²) >= 11 is 5.91. The van der Waals surface area contributed by atoms with Crippen molar-refractivity contribution in [2.45, 2.75) is 38.8 Å². The molecule has 3 heteroatoms. The van der Waals surface area contributed by atoms with Crippen molar-refractivity contribution in [2.24, 2.45) is 0 Å². The largest absolute Gasteiger partial charge is 0.307 e. The van der Waals surface area contributed by atoms with Crippen molar-refractivity contribution in [3.63, 3.8) is 0 Å². The highest BCUT2D eigenvalue weighted by molar-refractivity contribution is 6.30. The fraction of sp³-hybridized carbons (Fsp3) is 0.600. The maximum atomic E-state index is 5.91. The number of piperidine rings is 1. The van der Waals surface area contributed by atoms with E-state index in [-0.39, 0.29) is 0 Å². The molecule has 0 saturated carbocycles. The lowest BCUT2D eigenvalue weighted by Gasteiger charge is -2.33. The van der Waals surface area contributed by atoms with Gasteiger partial charge in [0.05, 0.1) is 0 Å². The van der Waals surface area contributed by atoms with Gasteiger partial charge >= 0.3 is 0 Å². The van der Waals surface area contributed by atoms with Crippen molar-refractivity contribution >= 4 is 11.6 Å². The van der Waals surface area contributed by atoms with Crippen LogP contribution in [0.5, 0.6) is 0 Å². The molecule has 1 aromatic carbocycles. The number of hydrogen-bond donors (Lipinski definition) is 1. The van der Waals surface area contributed by atoms with Gasteiger partial charge in [-0.1, -0.05) is 30.7 Å². The van der Waals surface area contributed by atoms with E-state index in [2.05, 4.69) is 36.2 Å². The number of nitrogens with one attached hydrogen (secondary N) is 1. The summed E-state index contributed by atoms with van der Waals surface area (Å²) < 4.78 is 0. The lowest BCUT2D eigenvalue weighted by Crippen LogP contribution is -2.43. The Morgan fingerprint density at radius 3 is 2.44 bits per heavy atom. The van der Waals surface area contributed by atoms with Crippen molar-refractivity contribution < 1.29 is 0 Å². The molecule has 0 bridgehead atoms. The minimum atomic E-state index is 0.403. The standard InChI is InChI=1S/C15H23ClN2/c1-3-18-10-8-15(9-11-18)17-12(2)13-4-6-14(16)7-5-13/h4-7,12,15,17H,3,8-11H2,1-2H3/t12-/m0/s1. The van der Waals surface area contributed by atoms with Gasteiger partial charge in [0, 0.05) is 17.1 Å². The number of rotatable bonds is 4. The van der Waals surface area contributed by atoms with Gasteiger partial charge in [-0.2, -0.15) is 0 Å². The zero-order valence-corrected chi connectivity index (χ0v) is 12.1. The molecular formula is C15H23ClN2. The van der Waals surface area contributed by atoms with E-state index < -0.39 is 0 Å². The second-order valence-corrected chi connectivity index (χ2v) is 5.58. The highest BCUT2D eigenvalue weighted by Crippen LogP contribution is 2.19. The molecule has 1 aliphatic heterocycles. The van der Waals surface area contributed by atoms with Gasteiger partial charge in [0.1, 0.15) is 0 Å². The van der Waals surface area contributed by atoms with E-state index in [1.54, 1.807) is 0 Å². The van der Waals surface area contributed by atoms with Gasteiger partial charge in [0.15, 0.2) is 0 Å². The van der Waals surface area contributed by atoms with Crippen LogP contribution in [0.3, 0.4) is 0 Å². The Morgan fingerprint density at radius 1 is 1.28 bits per heavy atom. The van der Waals surface area contributed by atoms with Crippen LogP contribution in [0, 0.1) is 0 Å². The molecule has 100 valence electrons. The summed E-state index contributed by atoms with van der Waals surface area (Å²) in [5, 5.41) is 4.54. The van der Waals surface area contributed by atoms with Crippen LogP contribution in [-0.2, 0) is 0 Å². The van der Waals surface area contributed by atoms with E-state index in [0.717, 1.165) is 5.02 Å². The molecule has 1 atom stereocenters. The van der Waals surface area contributed by atoms with Crippen LogP contribution in [0.15, 0.2) is 24.3 Å². The Hall–Kier alpha value is -0.570. The number of nitrogens with zero attached hydrogens (tertiary/aromatic N) is 1. The first-order chi connectivity index (χ1) is 8.69. The molecule has 2 nitrogen and oxygen atoms in total. The summed E-state index contributed by atoms with van der Waals surface area (Å²) in [5.41, 5.74) is 1.32. The minimum Gasteiger partial charge on any atom is -0.307 e. The van der Waals surface area contributed by atoms with Crippen molar-refractivity contribution in [3.8, 4) is 0 Å². The van der Waals surface area contributed by atoms with Crippen molar-refractivity contribution in [1.29, 1.82) is 0 Å². The molecule has 1 fully saturated rings. The molecule has 18 heavy (non-hydrogen) atoms. The first-order valence-electron chi connectivity index (χ1n) is 6.93. The third kappa shape index (κ3) is 3.71. The van der Waals surface area contributed by atoms with Gasteiger partial charge in [-0.3, -0.25) is 0 Å². The summed E-state index contributed by atoms with van der Waals surface area (Å²) in [7, 11) is 0. The summed E-state index contributed by atoms with van der Waals surface area (Å²) in [6.45, 7) is 8.10. The Kier molecular flexibility index (Phi) is 5.04. The van der Waals surface area contributed by atoms with Crippen molar-refractivity contribution in [1.82, 2.24) is 10.2 Å².